The van der Waals surface area contributed by atoms with Gasteiger partial charge in [-0.3, -0.25) is 4.79 Å². The fourth-order valence-electron chi connectivity index (χ4n) is 4.12. The first-order valence-electron chi connectivity index (χ1n) is 10.9. The number of rotatable bonds is 6. The number of aromatic hydroxyl groups is 1. The Morgan fingerprint density at radius 3 is 2.50 bits per heavy atom. The number of amides is 1. The average molecular weight is 437 g/mol. The summed E-state index contributed by atoms with van der Waals surface area (Å²) in [5.41, 5.74) is 2.57. The fourth-order valence-corrected chi connectivity index (χ4v) is 4.12. The van der Waals surface area contributed by atoms with Gasteiger partial charge in [-0.25, -0.2) is 18.7 Å². The molecule has 3 aromatic rings. The van der Waals surface area contributed by atoms with E-state index >= 15 is 0 Å². The van der Waals surface area contributed by atoms with Crippen molar-refractivity contribution in [1.82, 2.24) is 9.97 Å². The number of benzene rings is 2. The first kappa shape index (κ1) is 21.9. The molecule has 166 valence electrons. The van der Waals surface area contributed by atoms with Crippen molar-refractivity contribution in [2.24, 2.45) is 5.92 Å². The van der Waals surface area contributed by atoms with E-state index < -0.39 is 11.6 Å². The van der Waals surface area contributed by atoms with Crippen LogP contribution in [0.15, 0.2) is 48.7 Å². The van der Waals surface area contributed by atoms with Gasteiger partial charge in [0.05, 0.1) is 24.0 Å². The van der Waals surface area contributed by atoms with Crippen LogP contribution >= 0.6 is 0 Å². The van der Waals surface area contributed by atoms with Gasteiger partial charge in [-0.2, -0.15) is 0 Å². The maximum Gasteiger partial charge on any atom is 0.229 e. The molecule has 1 saturated carbocycles. The van der Waals surface area contributed by atoms with E-state index in [4.69, 9.17) is 4.98 Å². The third kappa shape index (κ3) is 5.46. The Balaban J connectivity index is 1.56. The van der Waals surface area contributed by atoms with Crippen LogP contribution in [0.4, 0.5) is 14.6 Å². The zero-order chi connectivity index (χ0) is 22.5. The van der Waals surface area contributed by atoms with Gasteiger partial charge in [0.15, 0.2) is 17.5 Å². The smallest absolute Gasteiger partial charge is 0.229 e. The van der Waals surface area contributed by atoms with Gasteiger partial charge in [0, 0.05) is 5.56 Å². The van der Waals surface area contributed by atoms with Crippen LogP contribution in [0.2, 0.25) is 0 Å². The van der Waals surface area contributed by atoms with Crippen LogP contribution in [0.3, 0.4) is 0 Å². The number of nitrogens with zero attached hydrogens (tertiary/aromatic N) is 2. The highest BCUT2D eigenvalue weighted by atomic mass is 19.2. The number of carbonyl (C=O) groups is 1. The van der Waals surface area contributed by atoms with Crippen molar-refractivity contribution >= 4 is 11.7 Å². The normalized spacial score (nSPS) is 14.3. The summed E-state index contributed by atoms with van der Waals surface area (Å²) in [5, 5.41) is 12.3. The molecular weight excluding hydrogens is 412 g/mol. The molecule has 4 rings (SSSR count). The van der Waals surface area contributed by atoms with Gasteiger partial charge >= 0.3 is 0 Å². The van der Waals surface area contributed by atoms with Crippen LogP contribution in [0.1, 0.15) is 43.4 Å². The van der Waals surface area contributed by atoms with Gasteiger partial charge in [0.1, 0.15) is 5.75 Å². The Bertz CT molecular complexity index is 1100. The second-order valence-corrected chi connectivity index (χ2v) is 8.28. The summed E-state index contributed by atoms with van der Waals surface area (Å²) in [5.74, 6) is -1.25. The van der Waals surface area contributed by atoms with E-state index in [2.05, 4.69) is 10.3 Å². The first-order valence-corrected chi connectivity index (χ1v) is 10.9. The Labute approximate surface area is 185 Å². The monoisotopic (exact) mass is 437 g/mol. The quantitative estimate of drug-likeness (QED) is 0.539. The maximum absolute atomic E-state index is 13.5. The lowest BCUT2D eigenvalue weighted by Crippen LogP contribution is -2.19. The zero-order valence-corrected chi connectivity index (χ0v) is 17.7. The summed E-state index contributed by atoms with van der Waals surface area (Å²) >= 11 is 0. The Morgan fingerprint density at radius 2 is 1.78 bits per heavy atom. The molecule has 32 heavy (non-hydrogen) atoms. The van der Waals surface area contributed by atoms with Crippen molar-refractivity contribution in [3.63, 3.8) is 0 Å². The molecule has 0 bridgehead atoms. The van der Waals surface area contributed by atoms with Crippen LogP contribution < -0.4 is 5.32 Å². The maximum atomic E-state index is 13.5. The molecule has 1 aliphatic rings. The fraction of sp³-hybridized carbons (Fsp3) is 0.320. The predicted octanol–water partition coefficient (Wildman–Crippen LogP) is 5.43. The SMILES string of the molecule is O=C(Cc1ccc(F)c(F)c1)Nc1ncc(-c2ccc(O)cc2)nc1CC1CCCCC1. The van der Waals surface area contributed by atoms with Crippen molar-refractivity contribution in [2.45, 2.75) is 44.9 Å². The van der Waals surface area contributed by atoms with Gasteiger partial charge in [-0.15, -0.1) is 0 Å². The predicted molar refractivity (Wildman–Crippen MR) is 118 cm³/mol. The molecule has 2 aromatic carbocycles. The van der Waals surface area contributed by atoms with E-state index in [0.717, 1.165) is 30.5 Å². The largest absolute Gasteiger partial charge is 0.508 e. The summed E-state index contributed by atoms with van der Waals surface area (Å²) in [4.78, 5) is 21.8. The molecule has 7 heteroatoms. The Morgan fingerprint density at radius 1 is 1.03 bits per heavy atom. The average Bonchev–Trinajstić information content (AvgIpc) is 2.79. The van der Waals surface area contributed by atoms with Gasteiger partial charge in [0.25, 0.3) is 0 Å². The second kappa shape index (κ2) is 9.85. The topological polar surface area (TPSA) is 75.1 Å². The highest BCUT2D eigenvalue weighted by Gasteiger charge is 2.19. The summed E-state index contributed by atoms with van der Waals surface area (Å²) in [6.45, 7) is 0. The number of hydrogen-bond donors (Lipinski definition) is 2. The van der Waals surface area contributed by atoms with E-state index in [-0.39, 0.29) is 18.1 Å². The van der Waals surface area contributed by atoms with Gasteiger partial charge < -0.3 is 10.4 Å². The van der Waals surface area contributed by atoms with Crippen LogP contribution in [0.25, 0.3) is 11.3 Å². The van der Waals surface area contributed by atoms with Crippen molar-refractivity contribution in [1.29, 1.82) is 0 Å². The molecule has 1 fully saturated rings. The summed E-state index contributed by atoms with van der Waals surface area (Å²) in [6.07, 6.45) is 8.06. The van der Waals surface area contributed by atoms with Crippen molar-refractivity contribution in [2.75, 3.05) is 5.32 Å². The van der Waals surface area contributed by atoms with E-state index in [1.165, 1.54) is 25.3 Å². The lowest BCUT2D eigenvalue weighted by atomic mass is 9.86. The summed E-state index contributed by atoms with van der Waals surface area (Å²) in [7, 11) is 0. The minimum Gasteiger partial charge on any atom is -0.508 e. The van der Waals surface area contributed by atoms with Crippen LogP contribution in [0, 0.1) is 17.6 Å². The van der Waals surface area contributed by atoms with Gasteiger partial charge in [-0.1, -0.05) is 38.2 Å². The number of carbonyl (C=O) groups excluding carboxylic acids is 1. The molecule has 0 spiro atoms. The Hall–Kier alpha value is -3.35. The lowest BCUT2D eigenvalue weighted by molar-refractivity contribution is -0.115. The number of anilines is 1. The third-order valence-electron chi connectivity index (χ3n) is 5.82. The minimum absolute atomic E-state index is 0.0958. The van der Waals surface area contributed by atoms with Crippen LogP contribution in [-0.4, -0.2) is 21.0 Å². The number of halogens is 2. The molecule has 1 amide bonds. The van der Waals surface area contributed by atoms with E-state index in [1.807, 2.05) is 0 Å². The minimum atomic E-state index is -0.980. The molecule has 0 atom stereocenters. The highest BCUT2D eigenvalue weighted by Crippen LogP contribution is 2.29. The first-order chi connectivity index (χ1) is 15.5. The molecule has 0 saturated heterocycles. The van der Waals surface area contributed by atoms with E-state index in [0.29, 0.717) is 35.1 Å². The molecule has 1 heterocycles. The van der Waals surface area contributed by atoms with E-state index in [1.54, 1.807) is 30.5 Å². The number of phenolic OH excluding ortho intramolecular Hbond substituents is 1. The standard InChI is InChI=1S/C25H25F2N3O2/c26-20-11-6-17(12-21(20)27)14-24(32)30-25-22(13-16-4-2-1-3-5-16)29-23(15-28-25)18-7-9-19(31)10-8-18/h6-12,15-16,31H,1-5,13-14H2,(H,28,30,32). The number of phenols is 1. The van der Waals surface area contributed by atoms with Crippen molar-refractivity contribution in [3.05, 3.63) is 71.6 Å². The number of hydrogen-bond acceptors (Lipinski definition) is 4. The van der Waals surface area contributed by atoms with E-state index in [9.17, 15) is 18.7 Å². The lowest BCUT2D eigenvalue weighted by Gasteiger charge is -2.22. The van der Waals surface area contributed by atoms with Crippen molar-refractivity contribution < 1.29 is 18.7 Å². The van der Waals surface area contributed by atoms with Gasteiger partial charge in [-0.05, 0) is 54.3 Å². The number of nitrogens with one attached hydrogen (secondary N) is 1. The highest BCUT2D eigenvalue weighted by molar-refractivity contribution is 5.92. The van der Waals surface area contributed by atoms with Gasteiger partial charge in [0.2, 0.25) is 5.91 Å². The van der Waals surface area contributed by atoms with Crippen LogP contribution in [0.5, 0.6) is 5.75 Å². The molecule has 0 aliphatic heterocycles. The molecule has 2 N–H and O–H groups in total. The molecule has 1 aliphatic carbocycles. The summed E-state index contributed by atoms with van der Waals surface area (Å²) in [6, 6.07) is 10.2. The Kier molecular flexibility index (Phi) is 6.73. The zero-order valence-electron chi connectivity index (χ0n) is 17.7. The molecule has 0 radical (unpaired) electrons. The number of aromatic nitrogens is 2. The molecule has 1 aromatic heterocycles. The second-order valence-electron chi connectivity index (χ2n) is 8.28. The van der Waals surface area contributed by atoms with Crippen molar-refractivity contribution in [3.8, 4) is 17.0 Å². The van der Waals surface area contributed by atoms with Crippen LogP contribution in [-0.2, 0) is 17.6 Å². The molecule has 0 unspecified atom stereocenters. The molecular formula is C25H25F2N3O2. The summed E-state index contributed by atoms with van der Waals surface area (Å²) < 4.78 is 26.6. The molecule has 5 nitrogen and oxygen atoms in total. The third-order valence-corrected chi connectivity index (χ3v) is 5.82.